The van der Waals surface area contributed by atoms with Crippen LogP contribution in [0.25, 0.3) is 0 Å². The van der Waals surface area contributed by atoms with Gasteiger partial charge in [0.1, 0.15) is 11.5 Å². The number of alkyl halides is 3. The molecule has 0 radical (unpaired) electrons. The van der Waals surface area contributed by atoms with Crippen molar-refractivity contribution < 1.29 is 22.7 Å². The molecule has 0 aromatic heterocycles. The van der Waals surface area contributed by atoms with Crippen LogP contribution in [0.15, 0.2) is 30.0 Å². The van der Waals surface area contributed by atoms with Gasteiger partial charge in [-0.1, -0.05) is 6.07 Å². The lowest BCUT2D eigenvalue weighted by molar-refractivity contribution is -0.113. The summed E-state index contributed by atoms with van der Waals surface area (Å²) in [7, 11) is 1.35. The largest absolute Gasteiger partial charge is 0.491 e. The standard InChI is InChI=1S/C16H20F3N3O2/c1-9(2)24-13-7-5-6-12(10(13)3)22-15(23)11(8-21-4)14(20)16(17,18)19/h5-9,20-21H,1-4H3,(H,22,23)/b11-8+,20-14?. The van der Waals surface area contributed by atoms with E-state index in [1.165, 1.54) is 7.05 Å². The van der Waals surface area contributed by atoms with Gasteiger partial charge in [0.05, 0.1) is 11.7 Å². The molecule has 0 spiro atoms. The van der Waals surface area contributed by atoms with E-state index in [9.17, 15) is 18.0 Å². The molecule has 0 aliphatic heterocycles. The van der Waals surface area contributed by atoms with Crippen molar-refractivity contribution in [2.75, 3.05) is 12.4 Å². The zero-order valence-corrected chi connectivity index (χ0v) is 13.8. The molecule has 1 amide bonds. The third-order valence-electron chi connectivity index (χ3n) is 2.98. The average Bonchev–Trinajstić information content (AvgIpc) is 2.46. The van der Waals surface area contributed by atoms with Crippen LogP contribution in [0.4, 0.5) is 18.9 Å². The number of carbonyl (C=O) groups excluding carboxylic acids is 1. The molecule has 0 heterocycles. The minimum Gasteiger partial charge on any atom is -0.491 e. The zero-order chi connectivity index (χ0) is 18.5. The molecule has 0 aliphatic rings. The number of amides is 1. The number of nitrogens with one attached hydrogen (secondary N) is 3. The Morgan fingerprint density at radius 2 is 1.96 bits per heavy atom. The molecule has 0 bridgehead atoms. The van der Waals surface area contributed by atoms with Crippen LogP contribution in [0.2, 0.25) is 0 Å². The lowest BCUT2D eigenvalue weighted by Gasteiger charge is -2.17. The summed E-state index contributed by atoms with van der Waals surface area (Å²) in [5.41, 5.74) is -1.63. The Labute approximate surface area is 138 Å². The first kappa shape index (κ1) is 19.5. The lowest BCUT2D eigenvalue weighted by atomic mass is 10.1. The fraction of sp³-hybridized carbons (Fsp3) is 0.375. The normalized spacial score (nSPS) is 12.1. The van der Waals surface area contributed by atoms with Gasteiger partial charge >= 0.3 is 6.18 Å². The molecule has 0 saturated carbocycles. The first-order valence-electron chi connectivity index (χ1n) is 7.19. The van der Waals surface area contributed by atoms with Crippen LogP contribution in [0.5, 0.6) is 5.75 Å². The first-order chi connectivity index (χ1) is 11.1. The van der Waals surface area contributed by atoms with Crippen molar-refractivity contribution in [1.82, 2.24) is 5.32 Å². The Balaban J connectivity index is 3.09. The van der Waals surface area contributed by atoms with Gasteiger partial charge in [0.15, 0.2) is 0 Å². The van der Waals surface area contributed by atoms with Crippen LogP contribution in [0.3, 0.4) is 0 Å². The fourth-order valence-corrected chi connectivity index (χ4v) is 1.87. The highest BCUT2D eigenvalue weighted by Crippen LogP contribution is 2.27. The molecule has 8 heteroatoms. The number of carbonyl (C=O) groups is 1. The van der Waals surface area contributed by atoms with E-state index < -0.39 is 23.4 Å². The van der Waals surface area contributed by atoms with Crippen LogP contribution >= 0.6 is 0 Å². The summed E-state index contributed by atoms with van der Waals surface area (Å²) < 4.78 is 43.7. The molecule has 1 aromatic carbocycles. The van der Waals surface area contributed by atoms with E-state index >= 15 is 0 Å². The van der Waals surface area contributed by atoms with Gasteiger partial charge in [-0.15, -0.1) is 0 Å². The maximum atomic E-state index is 12.7. The Morgan fingerprint density at radius 1 is 1.33 bits per heavy atom. The molecular formula is C16H20F3N3O2. The number of hydrogen-bond acceptors (Lipinski definition) is 4. The monoisotopic (exact) mass is 343 g/mol. The van der Waals surface area contributed by atoms with Gasteiger partial charge in [-0.05, 0) is 32.9 Å². The summed E-state index contributed by atoms with van der Waals surface area (Å²) in [5.74, 6) is -0.510. The van der Waals surface area contributed by atoms with Crippen molar-refractivity contribution in [2.45, 2.75) is 33.1 Å². The quantitative estimate of drug-likeness (QED) is 0.547. The third-order valence-corrected chi connectivity index (χ3v) is 2.98. The molecule has 3 N–H and O–H groups in total. The van der Waals surface area contributed by atoms with Crippen LogP contribution in [-0.4, -0.2) is 30.9 Å². The molecular weight excluding hydrogens is 323 g/mol. The lowest BCUT2D eigenvalue weighted by Crippen LogP contribution is -2.31. The number of anilines is 1. The van der Waals surface area contributed by atoms with Crippen molar-refractivity contribution in [3.05, 3.63) is 35.5 Å². The molecule has 0 saturated heterocycles. The maximum absolute atomic E-state index is 12.7. The summed E-state index contributed by atoms with van der Waals surface area (Å²) >= 11 is 0. The second-order valence-electron chi connectivity index (χ2n) is 5.27. The second kappa shape index (κ2) is 7.85. The Morgan fingerprint density at radius 3 is 2.46 bits per heavy atom. The van der Waals surface area contributed by atoms with Gasteiger partial charge in [-0.3, -0.25) is 10.2 Å². The van der Waals surface area contributed by atoms with Crippen molar-refractivity contribution in [2.24, 2.45) is 0 Å². The predicted molar refractivity (Wildman–Crippen MR) is 86.5 cm³/mol. The minimum absolute atomic E-state index is 0.0900. The zero-order valence-electron chi connectivity index (χ0n) is 13.8. The van der Waals surface area contributed by atoms with Crippen molar-refractivity contribution >= 4 is 17.3 Å². The van der Waals surface area contributed by atoms with Crippen molar-refractivity contribution in [3.8, 4) is 5.75 Å². The van der Waals surface area contributed by atoms with E-state index in [0.717, 1.165) is 6.20 Å². The third kappa shape index (κ3) is 5.00. The van der Waals surface area contributed by atoms with Gasteiger partial charge in [0, 0.05) is 24.5 Å². The predicted octanol–water partition coefficient (Wildman–Crippen LogP) is 3.41. The van der Waals surface area contributed by atoms with E-state index in [1.54, 1.807) is 25.1 Å². The topological polar surface area (TPSA) is 74.2 Å². The maximum Gasteiger partial charge on any atom is 0.433 e. The molecule has 1 aromatic rings. The Kier molecular flexibility index (Phi) is 6.39. The summed E-state index contributed by atoms with van der Waals surface area (Å²) in [5, 5.41) is 11.9. The Hall–Kier alpha value is -2.51. The van der Waals surface area contributed by atoms with Crippen LogP contribution in [-0.2, 0) is 4.79 Å². The van der Waals surface area contributed by atoms with Crippen molar-refractivity contribution in [3.63, 3.8) is 0 Å². The average molecular weight is 343 g/mol. The highest BCUT2D eigenvalue weighted by atomic mass is 19.4. The molecule has 0 aliphatic carbocycles. The Bertz CT molecular complexity index is 652. The van der Waals surface area contributed by atoms with Crippen LogP contribution in [0, 0.1) is 12.3 Å². The number of hydrogen-bond donors (Lipinski definition) is 3. The number of rotatable bonds is 6. The number of ether oxygens (including phenoxy) is 1. The first-order valence-corrected chi connectivity index (χ1v) is 7.19. The van der Waals surface area contributed by atoms with Crippen LogP contribution in [0.1, 0.15) is 19.4 Å². The number of benzene rings is 1. The molecule has 5 nitrogen and oxygen atoms in total. The minimum atomic E-state index is -4.92. The highest BCUT2D eigenvalue weighted by Gasteiger charge is 2.39. The summed E-state index contributed by atoms with van der Waals surface area (Å²) in [6.07, 6.45) is -4.17. The fourth-order valence-electron chi connectivity index (χ4n) is 1.87. The summed E-state index contributed by atoms with van der Waals surface area (Å²) in [4.78, 5) is 12.2. The van der Waals surface area contributed by atoms with E-state index in [0.29, 0.717) is 17.0 Å². The highest BCUT2D eigenvalue weighted by molar-refractivity contribution is 6.26. The van der Waals surface area contributed by atoms with Gasteiger partial charge in [-0.25, -0.2) is 0 Å². The van der Waals surface area contributed by atoms with Crippen molar-refractivity contribution in [1.29, 1.82) is 5.41 Å². The molecule has 1 rings (SSSR count). The smallest absolute Gasteiger partial charge is 0.433 e. The van der Waals surface area contributed by atoms with E-state index in [-0.39, 0.29) is 6.10 Å². The van der Waals surface area contributed by atoms with E-state index in [4.69, 9.17) is 10.1 Å². The SMILES string of the molecule is CN/C=C(\C(=N)C(F)(F)F)C(=O)Nc1cccc(OC(C)C)c1C. The van der Waals surface area contributed by atoms with Gasteiger partial charge in [0.25, 0.3) is 5.91 Å². The van der Waals surface area contributed by atoms with Crippen LogP contribution < -0.4 is 15.4 Å². The van der Waals surface area contributed by atoms with E-state index in [2.05, 4.69) is 10.6 Å². The molecule has 24 heavy (non-hydrogen) atoms. The molecule has 0 unspecified atom stereocenters. The molecule has 0 fully saturated rings. The van der Waals surface area contributed by atoms with Gasteiger partial charge in [0.2, 0.25) is 0 Å². The summed E-state index contributed by atoms with van der Waals surface area (Å²) in [6.45, 7) is 5.36. The molecule has 0 atom stereocenters. The second-order valence-corrected chi connectivity index (χ2v) is 5.27. The molecule has 132 valence electrons. The van der Waals surface area contributed by atoms with E-state index in [1.807, 2.05) is 13.8 Å². The van der Waals surface area contributed by atoms with Gasteiger partial charge in [-0.2, -0.15) is 13.2 Å². The number of halogens is 3. The summed E-state index contributed by atoms with van der Waals surface area (Å²) in [6, 6.07) is 4.87. The van der Waals surface area contributed by atoms with Gasteiger partial charge < -0.3 is 15.4 Å².